The molecule has 1 saturated heterocycles. The van der Waals surface area contributed by atoms with Gasteiger partial charge < -0.3 is 10.6 Å². The fraction of sp³-hybridized carbons (Fsp3) is 0.636. The van der Waals surface area contributed by atoms with Crippen LogP contribution in [0.5, 0.6) is 0 Å². The van der Waals surface area contributed by atoms with E-state index in [9.17, 15) is 4.39 Å². The Labute approximate surface area is 94.7 Å². The van der Waals surface area contributed by atoms with Crippen molar-refractivity contribution in [1.82, 2.24) is 9.97 Å². The van der Waals surface area contributed by atoms with Crippen molar-refractivity contribution in [3.05, 3.63) is 17.8 Å². The number of aromatic nitrogens is 2. The van der Waals surface area contributed by atoms with E-state index in [0.717, 1.165) is 25.9 Å². The van der Waals surface area contributed by atoms with Crippen molar-refractivity contribution in [3.63, 3.8) is 0 Å². The van der Waals surface area contributed by atoms with E-state index in [2.05, 4.69) is 9.97 Å². The van der Waals surface area contributed by atoms with Crippen molar-refractivity contribution < 1.29 is 4.39 Å². The molecule has 0 spiro atoms. The van der Waals surface area contributed by atoms with Crippen LogP contribution in [0.25, 0.3) is 0 Å². The SMILES string of the molecule is Cc1ncnc(N2CCC(CCN)C2)c1F. The van der Waals surface area contributed by atoms with E-state index in [-0.39, 0.29) is 5.82 Å². The highest BCUT2D eigenvalue weighted by atomic mass is 19.1. The van der Waals surface area contributed by atoms with Crippen molar-refractivity contribution in [2.24, 2.45) is 11.7 Å². The van der Waals surface area contributed by atoms with E-state index in [1.54, 1.807) is 6.92 Å². The number of nitrogens with two attached hydrogens (primary N) is 1. The Hall–Kier alpha value is -1.23. The monoisotopic (exact) mass is 224 g/mol. The van der Waals surface area contributed by atoms with Crippen LogP contribution in [0.2, 0.25) is 0 Å². The van der Waals surface area contributed by atoms with Gasteiger partial charge in [-0.1, -0.05) is 0 Å². The predicted molar refractivity (Wildman–Crippen MR) is 60.7 cm³/mol. The molecule has 16 heavy (non-hydrogen) atoms. The van der Waals surface area contributed by atoms with E-state index in [1.165, 1.54) is 6.33 Å². The molecule has 2 heterocycles. The van der Waals surface area contributed by atoms with Crippen molar-refractivity contribution in [2.45, 2.75) is 19.8 Å². The first-order valence-electron chi connectivity index (χ1n) is 5.64. The van der Waals surface area contributed by atoms with Crippen LogP contribution in [0.15, 0.2) is 6.33 Å². The molecule has 5 heteroatoms. The number of hydrogen-bond acceptors (Lipinski definition) is 4. The molecule has 1 unspecified atom stereocenters. The summed E-state index contributed by atoms with van der Waals surface area (Å²) in [4.78, 5) is 9.85. The third kappa shape index (κ3) is 2.14. The van der Waals surface area contributed by atoms with Crippen molar-refractivity contribution in [2.75, 3.05) is 24.5 Å². The zero-order chi connectivity index (χ0) is 11.5. The van der Waals surface area contributed by atoms with E-state index in [0.29, 0.717) is 24.0 Å². The highest BCUT2D eigenvalue weighted by molar-refractivity contribution is 5.41. The molecule has 4 nitrogen and oxygen atoms in total. The summed E-state index contributed by atoms with van der Waals surface area (Å²) in [6.45, 7) is 4.07. The maximum atomic E-state index is 13.8. The van der Waals surface area contributed by atoms with Crippen LogP contribution in [0.1, 0.15) is 18.5 Å². The fourth-order valence-corrected chi connectivity index (χ4v) is 2.16. The predicted octanol–water partition coefficient (Wildman–Crippen LogP) is 1.10. The van der Waals surface area contributed by atoms with E-state index in [4.69, 9.17) is 5.73 Å². The van der Waals surface area contributed by atoms with Gasteiger partial charge in [0.25, 0.3) is 0 Å². The number of hydrogen-bond donors (Lipinski definition) is 1. The first-order valence-corrected chi connectivity index (χ1v) is 5.64. The average Bonchev–Trinajstić information content (AvgIpc) is 2.71. The minimum absolute atomic E-state index is 0.295. The molecule has 0 aromatic carbocycles. The topological polar surface area (TPSA) is 55.0 Å². The van der Waals surface area contributed by atoms with E-state index in [1.807, 2.05) is 4.90 Å². The van der Waals surface area contributed by atoms with Gasteiger partial charge in [-0.3, -0.25) is 0 Å². The second-order valence-electron chi connectivity index (χ2n) is 4.27. The molecule has 0 aliphatic carbocycles. The highest BCUT2D eigenvalue weighted by Crippen LogP contribution is 2.26. The molecule has 88 valence electrons. The van der Waals surface area contributed by atoms with Crippen molar-refractivity contribution >= 4 is 5.82 Å². The third-order valence-corrected chi connectivity index (χ3v) is 3.11. The first-order chi connectivity index (χ1) is 7.72. The molecule has 2 N–H and O–H groups in total. The quantitative estimate of drug-likeness (QED) is 0.835. The smallest absolute Gasteiger partial charge is 0.186 e. The van der Waals surface area contributed by atoms with Crippen LogP contribution in [0, 0.1) is 18.7 Å². The van der Waals surface area contributed by atoms with Gasteiger partial charge in [-0.2, -0.15) is 0 Å². The number of halogens is 1. The highest BCUT2D eigenvalue weighted by Gasteiger charge is 2.25. The third-order valence-electron chi connectivity index (χ3n) is 3.11. The van der Waals surface area contributed by atoms with Gasteiger partial charge >= 0.3 is 0 Å². The lowest BCUT2D eigenvalue weighted by atomic mass is 10.1. The lowest BCUT2D eigenvalue weighted by molar-refractivity contribution is 0.543. The molecule has 1 aromatic heterocycles. The summed E-state index contributed by atoms with van der Waals surface area (Å²) in [7, 11) is 0. The van der Waals surface area contributed by atoms with Crippen LogP contribution in [0.3, 0.4) is 0 Å². The maximum absolute atomic E-state index is 13.8. The molecular formula is C11H17FN4. The zero-order valence-electron chi connectivity index (χ0n) is 9.49. The van der Waals surface area contributed by atoms with Gasteiger partial charge in [0.2, 0.25) is 0 Å². The average molecular weight is 224 g/mol. The number of nitrogens with zero attached hydrogens (tertiary/aromatic N) is 3. The van der Waals surface area contributed by atoms with Crippen molar-refractivity contribution in [1.29, 1.82) is 0 Å². The van der Waals surface area contributed by atoms with Crippen LogP contribution in [-0.2, 0) is 0 Å². The number of rotatable bonds is 3. The molecular weight excluding hydrogens is 207 g/mol. The van der Waals surface area contributed by atoms with Gasteiger partial charge in [-0.15, -0.1) is 0 Å². The fourth-order valence-electron chi connectivity index (χ4n) is 2.16. The molecule has 0 bridgehead atoms. The molecule has 0 amide bonds. The van der Waals surface area contributed by atoms with Crippen LogP contribution in [0.4, 0.5) is 10.2 Å². The second-order valence-corrected chi connectivity index (χ2v) is 4.27. The zero-order valence-corrected chi connectivity index (χ0v) is 9.49. The lowest BCUT2D eigenvalue weighted by Gasteiger charge is -2.18. The number of anilines is 1. The van der Waals surface area contributed by atoms with Crippen molar-refractivity contribution in [3.8, 4) is 0 Å². The largest absolute Gasteiger partial charge is 0.354 e. The molecule has 1 atom stereocenters. The lowest BCUT2D eigenvalue weighted by Crippen LogP contribution is -2.23. The summed E-state index contributed by atoms with van der Waals surface area (Å²) in [6, 6.07) is 0. The van der Waals surface area contributed by atoms with Crippen LogP contribution < -0.4 is 10.6 Å². The van der Waals surface area contributed by atoms with E-state index < -0.39 is 0 Å². The Morgan fingerprint density at radius 1 is 1.56 bits per heavy atom. The summed E-state index contributed by atoms with van der Waals surface area (Å²) < 4.78 is 13.8. The summed E-state index contributed by atoms with van der Waals surface area (Å²) in [5.74, 6) is 0.711. The Balaban J connectivity index is 2.11. The second kappa shape index (κ2) is 4.74. The van der Waals surface area contributed by atoms with E-state index >= 15 is 0 Å². The maximum Gasteiger partial charge on any atom is 0.186 e. The molecule has 1 aliphatic rings. The molecule has 1 aromatic rings. The summed E-state index contributed by atoms with van der Waals surface area (Å²) in [5, 5.41) is 0. The molecule has 0 saturated carbocycles. The Morgan fingerprint density at radius 3 is 3.12 bits per heavy atom. The van der Waals surface area contributed by atoms with Gasteiger partial charge in [-0.05, 0) is 32.2 Å². The van der Waals surface area contributed by atoms with Gasteiger partial charge in [0.05, 0.1) is 5.69 Å². The van der Waals surface area contributed by atoms with Gasteiger partial charge in [-0.25, -0.2) is 14.4 Å². The molecule has 0 radical (unpaired) electrons. The summed E-state index contributed by atoms with van der Waals surface area (Å²) >= 11 is 0. The minimum atomic E-state index is -0.295. The Kier molecular flexibility index (Phi) is 3.33. The molecule has 1 aliphatic heterocycles. The molecule has 1 fully saturated rings. The van der Waals surface area contributed by atoms with Gasteiger partial charge in [0.15, 0.2) is 11.6 Å². The Bertz CT molecular complexity index is 369. The normalized spacial score (nSPS) is 20.4. The Morgan fingerprint density at radius 2 is 2.38 bits per heavy atom. The van der Waals surface area contributed by atoms with Crippen LogP contribution in [-0.4, -0.2) is 29.6 Å². The standard InChI is InChI=1S/C11H17FN4/c1-8-10(12)11(15-7-14-8)16-5-3-9(6-16)2-4-13/h7,9H,2-6,13H2,1H3. The molecule has 2 rings (SSSR count). The number of aryl methyl sites for hydroxylation is 1. The van der Waals surface area contributed by atoms with Crippen LogP contribution >= 0.6 is 0 Å². The minimum Gasteiger partial charge on any atom is -0.354 e. The summed E-state index contributed by atoms with van der Waals surface area (Å²) in [6.07, 6.45) is 3.49. The van der Waals surface area contributed by atoms with Gasteiger partial charge in [0, 0.05) is 13.1 Å². The first kappa shape index (κ1) is 11.3. The summed E-state index contributed by atoms with van der Waals surface area (Å²) in [5.41, 5.74) is 5.94. The van der Waals surface area contributed by atoms with Gasteiger partial charge in [0.1, 0.15) is 6.33 Å².